The standard InChI is InChI=1S/C24H21N3O2S2/c1-16-7-12-20-21(13-16)31-24(26-20)27-23(29)15-30-19-10-8-18(9-11-19)25-22(28)14-17-5-3-2-4-6-17/h2-13H,14-15H2,1H3,(H,25,28)(H,26,27,29). The van der Waals surface area contributed by atoms with Crippen molar-refractivity contribution >= 4 is 55.9 Å². The molecule has 0 fully saturated rings. The van der Waals surface area contributed by atoms with E-state index in [2.05, 4.69) is 21.7 Å². The highest BCUT2D eigenvalue weighted by Gasteiger charge is 2.09. The Labute approximate surface area is 188 Å². The predicted molar refractivity (Wildman–Crippen MR) is 129 cm³/mol. The van der Waals surface area contributed by atoms with Crippen LogP contribution in [0.5, 0.6) is 0 Å². The minimum atomic E-state index is -0.0963. The molecule has 4 aromatic rings. The van der Waals surface area contributed by atoms with E-state index < -0.39 is 0 Å². The molecule has 2 N–H and O–H groups in total. The maximum atomic E-state index is 12.3. The summed E-state index contributed by atoms with van der Waals surface area (Å²) in [6.45, 7) is 2.04. The normalized spacial score (nSPS) is 10.7. The number of aryl methyl sites for hydroxylation is 1. The number of carbonyl (C=O) groups excluding carboxylic acids is 2. The van der Waals surface area contributed by atoms with Crippen LogP contribution in [0, 0.1) is 6.92 Å². The monoisotopic (exact) mass is 447 g/mol. The van der Waals surface area contributed by atoms with Gasteiger partial charge in [-0.3, -0.25) is 9.59 Å². The Kier molecular flexibility index (Phi) is 6.64. The number of rotatable bonds is 7. The van der Waals surface area contributed by atoms with Crippen molar-refractivity contribution in [3.63, 3.8) is 0 Å². The summed E-state index contributed by atoms with van der Waals surface area (Å²) in [4.78, 5) is 29.9. The molecular weight excluding hydrogens is 426 g/mol. The highest BCUT2D eigenvalue weighted by molar-refractivity contribution is 8.00. The average molecular weight is 448 g/mol. The van der Waals surface area contributed by atoms with E-state index in [1.165, 1.54) is 28.7 Å². The van der Waals surface area contributed by atoms with E-state index in [9.17, 15) is 9.59 Å². The third-order valence-corrected chi connectivity index (χ3v) is 6.45. The smallest absolute Gasteiger partial charge is 0.236 e. The van der Waals surface area contributed by atoms with Gasteiger partial charge in [-0.05, 0) is 54.4 Å². The molecule has 1 heterocycles. The van der Waals surface area contributed by atoms with Gasteiger partial charge >= 0.3 is 0 Å². The van der Waals surface area contributed by atoms with Crippen molar-refractivity contribution in [3.8, 4) is 0 Å². The maximum Gasteiger partial charge on any atom is 0.236 e. The van der Waals surface area contributed by atoms with Gasteiger partial charge in [-0.25, -0.2) is 4.98 Å². The molecular formula is C24H21N3O2S2. The van der Waals surface area contributed by atoms with E-state index in [-0.39, 0.29) is 17.6 Å². The number of carbonyl (C=O) groups is 2. The van der Waals surface area contributed by atoms with Gasteiger partial charge in [-0.1, -0.05) is 47.7 Å². The molecule has 31 heavy (non-hydrogen) atoms. The van der Waals surface area contributed by atoms with Crippen molar-refractivity contribution in [2.24, 2.45) is 0 Å². The van der Waals surface area contributed by atoms with Crippen molar-refractivity contribution in [1.82, 2.24) is 4.98 Å². The minimum Gasteiger partial charge on any atom is -0.326 e. The summed E-state index contributed by atoms with van der Waals surface area (Å²) in [5, 5.41) is 6.38. The maximum absolute atomic E-state index is 12.3. The first-order valence-corrected chi connectivity index (χ1v) is 11.6. The predicted octanol–water partition coefficient (Wildman–Crippen LogP) is 5.52. The zero-order chi connectivity index (χ0) is 21.6. The zero-order valence-electron chi connectivity index (χ0n) is 16.9. The number of nitrogens with one attached hydrogen (secondary N) is 2. The Balaban J connectivity index is 1.26. The number of nitrogens with zero attached hydrogens (tertiary/aromatic N) is 1. The Morgan fingerprint density at radius 2 is 1.71 bits per heavy atom. The van der Waals surface area contributed by atoms with Crippen LogP contribution in [0.4, 0.5) is 10.8 Å². The van der Waals surface area contributed by atoms with Crippen LogP contribution in [0.15, 0.2) is 77.7 Å². The van der Waals surface area contributed by atoms with Gasteiger partial charge in [0.15, 0.2) is 5.13 Å². The number of aromatic nitrogens is 1. The van der Waals surface area contributed by atoms with Gasteiger partial charge in [0, 0.05) is 10.6 Å². The average Bonchev–Trinajstić information content (AvgIpc) is 3.15. The Morgan fingerprint density at radius 1 is 0.935 bits per heavy atom. The quantitative estimate of drug-likeness (QED) is 0.366. The zero-order valence-corrected chi connectivity index (χ0v) is 18.6. The number of hydrogen-bond donors (Lipinski definition) is 2. The molecule has 0 aliphatic carbocycles. The number of fused-ring (bicyclic) bond motifs is 1. The molecule has 7 heteroatoms. The lowest BCUT2D eigenvalue weighted by Crippen LogP contribution is -2.14. The van der Waals surface area contributed by atoms with Crippen LogP contribution in [0.1, 0.15) is 11.1 Å². The Bertz CT molecular complexity index is 1200. The van der Waals surface area contributed by atoms with Gasteiger partial charge < -0.3 is 10.6 Å². The molecule has 0 saturated carbocycles. The molecule has 0 atom stereocenters. The van der Waals surface area contributed by atoms with Crippen molar-refractivity contribution in [2.45, 2.75) is 18.2 Å². The first kappa shape index (κ1) is 21.1. The van der Waals surface area contributed by atoms with E-state index in [1.54, 1.807) is 0 Å². The lowest BCUT2D eigenvalue weighted by atomic mass is 10.1. The van der Waals surface area contributed by atoms with E-state index in [0.717, 1.165) is 26.4 Å². The largest absolute Gasteiger partial charge is 0.326 e. The summed E-state index contributed by atoms with van der Waals surface area (Å²) >= 11 is 2.92. The van der Waals surface area contributed by atoms with E-state index in [1.807, 2.05) is 73.7 Å². The molecule has 0 aliphatic rings. The molecule has 1 aromatic heterocycles. The van der Waals surface area contributed by atoms with Gasteiger partial charge in [0.1, 0.15) is 0 Å². The number of amides is 2. The second kappa shape index (κ2) is 9.76. The molecule has 5 nitrogen and oxygen atoms in total. The molecule has 2 amide bonds. The Morgan fingerprint density at radius 3 is 2.48 bits per heavy atom. The minimum absolute atomic E-state index is 0.0583. The van der Waals surface area contributed by atoms with Gasteiger partial charge in [-0.15, -0.1) is 11.8 Å². The van der Waals surface area contributed by atoms with Crippen LogP contribution in [-0.2, 0) is 16.0 Å². The van der Waals surface area contributed by atoms with Gasteiger partial charge in [-0.2, -0.15) is 0 Å². The molecule has 0 bridgehead atoms. The second-order valence-electron chi connectivity index (χ2n) is 7.06. The highest BCUT2D eigenvalue weighted by Crippen LogP contribution is 2.27. The summed E-state index contributed by atoms with van der Waals surface area (Å²) in [5.41, 5.74) is 3.77. The van der Waals surface area contributed by atoms with E-state index in [0.29, 0.717) is 11.6 Å². The summed E-state index contributed by atoms with van der Waals surface area (Å²) in [6, 6.07) is 23.2. The molecule has 156 valence electrons. The Hall–Kier alpha value is -3.16. The number of hydrogen-bond acceptors (Lipinski definition) is 5. The van der Waals surface area contributed by atoms with Crippen LogP contribution >= 0.6 is 23.1 Å². The first-order valence-electron chi connectivity index (χ1n) is 9.79. The number of thiazole rings is 1. The number of anilines is 2. The molecule has 0 saturated heterocycles. The molecule has 0 unspecified atom stereocenters. The number of benzene rings is 3. The molecule has 0 radical (unpaired) electrons. The van der Waals surface area contributed by atoms with Crippen molar-refractivity contribution in [3.05, 3.63) is 83.9 Å². The van der Waals surface area contributed by atoms with Gasteiger partial charge in [0.25, 0.3) is 0 Å². The summed E-state index contributed by atoms with van der Waals surface area (Å²) in [5.74, 6) is 0.132. The highest BCUT2D eigenvalue weighted by atomic mass is 32.2. The lowest BCUT2D eigenvalue weighted by Gasteiger charge is -2.07. The van der Waals surface area contributed by atoms with E-state index >= 15 is 0 Å². The summed E-state index contributed by atoms with van der Waals surface area (Å²) in [6.07, 6.45) is 0.336. The van der Waals surface area contributed by atoms with Crippen molar-refractivity contribution in [2.75, 3.05) is 16.4 Å². The van der Waals surface area contributed by atoms with Crippen LogP contribution in [0.2, 0.25) is 0 Å². The fourth-order valence-electron chi connectivity index (χ4n) is 3.01. The third kappa shape index (κ3) is 5.93. The molecule has 0 spiro atoms. The van der Waals surface area contributed by atoms with Crippen LogP contribution in [0.25, 0.3) is 10.2 Å². The van der Waals surface area contributed by atoms with Crippen LogP contribution in [0.3, 0.4) is 0 Å². The van der Waals surface area contributed by atoms with E-state index in [4.69, 9.17) is 0 Å². The molecule has 0 aliphatic heterocycles. The fraction of sp³-hybridized carbons (Fsp3) is 0.125. The fourth-order valence-corrected chi connectivity index (χ4v) is 4.69. The third-order valence-electron chi connectivity index (χ3n) is 4.51. The topological polar surface area (TPSA) is 71.1 Å². The van der Waals surface area contributed by atoms with Crippen LogP contribution < -0.4 is 10.6 Å². The lowest BCUT2D eigenvalue weighted by molar-refractivity contribution is -0.115. The molecule has 4 rings (SSSR count). The summed E-state index contributed by atoms with van der Waals surface area (Å²) in [7, 11) is 0. The summed E-state index contributed by atoms with van der Waals surface area (Å²) < 4.78 is 1.06. The van der Waals surface area contributed by atoms with Crippen molar-refractivity contribution in [1.29, 1.82) is 0 Å². The second-order valence-corrected chi connectivity index (χ2v) is 9.14. The SMILES string of the molecule is Cc1ccc2nc(NC(=O)CSc3ccc(NC(=O)Cc4ccccc4)cc3)sc2c1. The molecule has 3 aromatic carbocycles. The van der Waals surface area contributed by atoms with Gasteiger partial charge in [0.05, 0.1) is 22.4 Å². The van der Waals surface area contributed by atoms with Crippen LogP contribution in [-0.4, -0.2) is 22.6 Å². The number of thioether (sulfide) groups is 1. The van der Waals surface area contributed by atoms with Crippen molar-refractivity contribution < 1.29 is 9.59 Å². The first-order chi connectivity index (χ1) is 15.0. The van der Waals surface area contributed by atoms with Gasteiger partial charge in [0.2, 0.25) is 11.8 Å².